The summed E-state index contributed by atoms with van der Waals surface area (Å²) in [5.41, 5.74) is 6.14. The van der Waals surface area contributed by atoms with Gasteiger partial charge < -0.3 is 14.8 Å². The van der Waals surface area contributed by atoms with Crippen LogP contribution in [0.4, 0.5) is 0 Å². The fourth-order valence-corrected chi connectivity index (χ4v) is 4.87. The van der Waals surface area contributed by atoms with E-state index in [4.69, 9.17) is 0 Å². The van der Waals surface area contributed by atoms with Crippen molar-refractivity contribution in [3.8, 4) is 5.69 Å². The van der Waals surface area contributed by atoms with Crippen LogP contribution >= 0.6 is 0 Å². The Balaban J connectivity index is 1.53. The predicted octanol–water partition coefficient (Wildman–Crippen LogP) is 5.40. The molecule has 3 rings (SSSR count). The summed E-state index contributed by atoms with van der Waals surface area (Å²) < 4.78 is 2.37. The number of aromatic nitrogens is 1. The quantitative estimate of drug-likeness (QED) is 0.520. The average molecular weight is 424 g/mol. The molecule has 0 bridgehead atoms. The summed E-state index contributed by atoms with van der Waals surface area (Å²) in [6.07, 6.45) is 5.88. The van der Waals surface area contributed by atoms with Crippen LogP contribution in [0.25, 0.3) is 5.69 Å². The van der Waals surface area contributed by atoms with Crippen molar-refractivity contribution in [3.63, 3.8) is 0 Å². The van der Waals surface area contributed by atoms with Crippen molar-refractivity contribution in [2.75, 3.05) is 26.2 Å². The van der Waals surface area contributed by atoms with E-state index in [0.717, 1.165) is 50.3 Å². The van der Waals surface area contributed by atoms with Crippen molar-refractivity contribution in [3.05, 3.63) is 52.8 Å². The summed E-state index contributed by atoms with van der Waals surface area (Å²) in [5, 5.41) is 3.10. The van der Waals surface area contributed by atoms with Crippen molar-refractivity contribution >= 4 is 5.91 Å². The van der Waals surface area contributed by atoms with Gasteiger partial charge in [-0.05, 0) is 93.3 Å². The second kappa shape index (κ2) is 11.0. The van der Waals surface area contributed by atoms with E-state index in [2.05, 4.69) is 67.6 Å². The Hall–Kier alpha value is -2.07. The van der Waals surface area contributed by atoms with Gasteiger partial charge in [0.2, 0.25) is 0 Å². The van der Waals surface area contributed by atoms with Crippen LogP contribution in [-0.2, 0) is 12.8 Å². The molecule has 1 aromatic carbocycles. The van der Waals surface area contributed by atoms with Gasteiger partial charge in [-0.1, -0.05) is 27.7 Å². The van der Waals surface area contributed by atoms with E-state index in [-0.39, 0.29) is 5.91 Å². The van der Waals surface area contributed by atoms with Crippen LogP contribution in [0.2, 0.25) is 0 Å². The van der Waals surface area contributed by atoms with Gasteiger partial charge in [-0.15, -0.1) is 0 Å². The van der Waals surface area contributed by atoms with E-state index >= 15 is 0 Å². The number of nitrogens with one attached hydrogen (secondary N) is 1. The fourth-order valence-electron chi connectivity index (χ4n) is 4.87. The molecule has 0 aliphatic heterocycles. The van der Waals surface area contributed by atoms with Crippen molar-refractivity contribution in [1.29, 1.82) is 0 Å². The molecule has 170 valence electrons. The maximum absolute atomic E-state index is 12.6. The van der Waals surface area contributed by atoms with Gasteiger partial charge in [-0.25, -0.2) is 0 Å². The van der Waals surface area contributed by atoms with Gasteiger partial charge in [0.1, 0.15) is 0 Å². The van der Waals surface area contributed by atoms with Crippen LogP contribution in [0, 0.1) is 18.8 Å². The van der Waals surface area contributed by atoms with E-state index in [0.29, 0.717) is 11.8 Å². The van der Waals surface area contributed by atoms with E-state index in [9.17, 15) is 4.79 Å². The van der Waals surface area contributed by atoms with E-state index in [1.165, 1.54) is 36.2 Å². The number of benzene rings is 1. The molecule has 1 N–H and O–H groups in total. The maximum atomic E-state index is 12.6. The molecule has 1 aliphatic rings. The number of carbonyl (C=O) groups is 1. The molecule has 31 heavy (non-hydrogen) atoms. The van der Waals surface area contributed by atoms with Crippen LogP contribution in [-0.4, -0.2) is 41.6 Å². The number of amides is 1. The highest BCUT2D eigenvalue weighted by molar-refractivity contribution is 5.94. The normalized spacial score (nSPS) is 13.8. The minimum Gasteiger partial charge on any atom is -0.352 e. The summed E-state index contributed by atoms with van der Waals surface area (Å²) in [7, 11) is 0. The molecule has 0 atom stereocenters. The Morgan fingerprint density at radius 2 is 1.68 bits per heavy atom. The van der Waals surface area contributed by atoms with Gasteiger partial charge >= 0.3 is 0 Å². The van der Waals surface area contributed by atoms with Crippen molar-refractivity contribution < 1.29 is 4.79 Å². The highest BCUT2D eigenvalue weighted by Crippen LogP contribution is 2.28. The lowest BCUT2D eigenvalue weighted by molar-refractivity contribution is 0.0951. The van der Waals surface area contributed by atoms with Crippen LogP contribution in [0.3, 0.4) is 0 Å². The molecule has 1 amide bonds. The molecule has 0 unspecified atom stereocenters. The summed E-state index contributed by atoms with van der Waals surface area (Å²) in [5.74, 6) is 1.36. The minimum atomic E-state index is 0.0251. The molecule has 4 nitrogen and oxygen atoms in total. The van der Waals surface area contributed by atoms with Gasteiger partial charge in [-0.3, -0.25) is 4.79 Å². The second-order valence-corrected chi connectivity index (χ2v) is 10.0. The van der Waals surface area contributed by atoms with Gasteiger partial charge in [0.05, 0.1) is 0 Å². The highest BCUT2D eigenvalue weighted by Gasteiger charge is 2.17. The largest absolute Gasteiger partial charge is 0.352 e. The maximum Gasteiger partial charge on any atom is 0.251 e. The number of hydrogen-bond acceptors (Lipinski definition) is 2. The van der Waals surface area contributed by atoms with Crippen LogP contribution in [0.15, 0.2) is 30.3 Å². The second-order valence-electron chi connectivity index (χ2n) is 10.0. The zero-order valence-electron chi connectivity index (χ0n) is 20.2. The monoisotopic (exact) mass is 423 g/mol. The first kappa shape index (κ1) is 23.6. The first-order valence-electron chi connectivity index (χ1n) is 12.2. The first-order valence-corrected chi connectivity index (χ1v) is 12.2. The lowest BCUT2D eigenvalue weighted by Gasteiger charge is -2.26. The number of aryl methyl sites for hydroxylation is 2. The van der Waals surface area contributed by atoms with Crippen molar-refractivity contribution in [1.82, 2.24) is 14.8 Å². The van der Waals surface area contributed by atoms with E-state index in [1.54, 1.807) is 0 Å². The Labute approximate surface area is 189 Å². The third-order valence-electron chi connectivity index (χ3n) is 6.06. The number of hydrogen-bond donors (Lipinski definition) is 1. The highest BCUT2D eigenvalue weighted by atomic mass is 16.1. The Morgan fingerprint density at radius 1 is 1.03 bits per heavy atom. The molecular formula is C27H41N3O. The standard InChI is InChI=1S/C27H41N3O/c1-20(2)18-29(19-21(3)4)16-8-15-28-27(31)23-11-13-25(14-12-23)30-22(5)17-24-9-6-7-10-26(24)30/h11-14,17,20-21H,6-10,15-16,18-19H2,1-5H3,(H,28,31). The van der Waals surface area contributed by atoms with Crippen molar-refractivity contribution in [2.24, 2.45) is 11.8 Å². The topological polar surface area (TPSA) is 37.3 Å². The molecule has 2 aromatic rings. The van der Waals surface area contributed by atoms with Crippen LogP contribution in [0.1, 0.15) is 74.3 Å². The van der Waals surface area contributed by atoms with Gasteiger partial charge in [0.15, 0.2) is 0 Å². The Morgan fingerprint density at radius 3 is 2.32 bits per heavy atom. The SMILES string of the molecule is Cc1cc2c(n1-c1ccc(C(=O)NCCCN(CC(C)C)CC(C)C)cc1)CCCC2. The average Bonchev–Trinajstić information content (AvgIpc) is 3.06. The number of rotatable bonds is 10. The first-order chi connectivity index (χ1) is 14.8. The third kappa shape index (κ3) is 6.46. The minimum absolute atomic E-state index is 0.0251. The Kier molecular flexibility index (Phi) is 8.36. The molecular weight excluding hydrogens is 382 g/mol. The number of nitrogens with zero attached hydrogens (tertiary/aromatic N) is 2. The van der Waals surface area contributed by atoms with Gasteiger partial charge in [0.25, 0.3) is 5.91 Å². The zero-order valence-corrected chi connectivity index (χ0v) is 20.2. The lowest BCUT2D eigenvalue weighted by Crippen LogP contribution is -2.34. The predicted molar refractivity (Wildman–Crippen MR) is 130 cm³/mol. The molecule has 0 fully saturated rings. The number of carbonyl (C=O) groups excluding carboxylic acids is 1. The van der Waals surface area contributed by atoms with E-state index in [1.807, 2.05) is 12.1 Å². The molecule has 0 spiro atoms. The molecule has 0 radical (unpaired) electrons. The molecule has 4 heteroatoms. The van der Waals surface area contributed by atoms with Gasteiger partial charge in [0, 0.05) is 42.3 Å². The smallest absolute Gasteiger partial charge is 0.251 e. The third-order valence-corrected chi connectivity index (χ3v) is 6.06. The number of fused-ring (bicyclic) bond motifs is 1. The fraction of sp³-hybridized carbons (Fsp3) is 0.593. The molecule has 1 heterocycles. The Bertz CT molecular complexity index is 838. The summed E-state index contributed by atoms with van der Waals surface area (Å²) in [6, 6.07) is 10.4. The van der Waals surface area contributed by atoms with E-state index < -0.39 is 0 Å². The summed E-state index contributed by atoms with van der Waals surface area (Å²) in [4.78, 5) is 15.1. The molecule has 0 saturated carbocycles. The lowest BCUT2D eigenvalue weighted by atomic mass is 9.98. The van der Waals surface area contributed by atoms with Gasteiger partial charge in [-0.2, -0.15) is 0 Å². The zero-order chi connectivity index (χ0) is 22.4. The summed E-state index contributed by atoms with van der Waals surface area (Å²) in [6.45, 7) is 15.2. The molecule has 1 aliphatic carbocycles. The van der Waals surface area contributed by atoms with Crippen molar-refractivity contribution in [2.45, 2.75) is 66.7 Å². The molecule has 0 saturated heterocycles. The molecule has 1 aromatic heterocycles. The summed E-state index contributed by atoms with van der Waals surface area (Å²) >= 11 is 0. The van der Waals surface area contributed by atoms with Crippen LogP contribution < -0.4 is 5.32 Å². The van der Waals surface area contributed by atoms with Crippen LogP contribution in [0.5, 0.6) is 0 Å².